The second-order valence-electron chi connectivity index (χ2n) is 14.2. The molecule has 4 aliphatic heterocycles. The third-order valence-corrected chi connectivity index (χ3v) is 11.7. The van der Waals surface area contributed by atoms with Crippen molar-refractivity contribution >= 4 is 40.6 Å². The van der Waals surface area contributed by atoms with Gasteiger partial charge >= 0.3 is 18.4 Å². The highest BCUT2D eigenvalue weighted by Crippen LogP contribution is 2.42. The fourth-order valence-corrected chi connectivity index (χ4v) is 8.92. The summed E-state index contributed by atoms with van der Waals surface area (Å²) < 4.78 is 83.3. The minimum Gasteiger partial charge on any atom is -0.398 e. The monoisotopic (exact) mass is 742 g/mol. The van der Waals surface area contributed by atoms with Crippen LogP contribution in [0.1, 0.15) is 73.6 Å². The fourth-order valence-electron chi connectivity index (χ4n) is 8.10. The average Bonchev–Trinajstić information content (AvgIpc) is 3.47. The lowest BCUT2D eigenvalue weighted by Crippen LogP contribution is -2.51. The SMILES string of the molecule is Nc1c(C(F)(F)F)cc(C[C@@H](CC(=O)N2CCC(N3CCc4cscc4NC3=O)CC2)C(=O)N2CCC(N3CCCCC3)CC2)cc1C(F)(F)F. The molecule has 0 spiro atoms. The Labute approximate surface area is 297 Å². The number of carbonyl (C=O) groups excluding carboxylic acids is 3. The number of urea groups is 1. The van der Waals surface area contributed by atoms with Crippen LogP contribution in [0, 0.1) is 5.92 Å². The topological polar surface area (TPSA) is 102 Å². The van der Waals surface area contributed by atoms with Crippen LogP contribution in [0.2, 0.25) is 0 Å². The summed E-state index contributed by atoms with van der Waals surface area (Å²) in [4.78, 5) is 48.2. The Balaban J connectivity index is 1.17. The zero-order valence-corrected chi connectivity index (χ0v) is 29.1. The van der Waals surface area contributed by atoms with Gasteiger partial charge in [0, 0.05) is 56.6 Å². The maximum Gasteiger partial charge on any atom is 0.418 e. The third kappa shape index (κ3) is 8.58. The molecule has 16 heteroatoms. The quantitative estimate of drug-likeness (QED) is 0.250. The number of nitrogens with zero attached hydrogens (tertiary/aromatic N) is 4. The summed E-state index contributed by atoms with van der Waals surface area (Å²) in [6.07, 6.45) is -4.66. The molecule has 6 rings (SSSR count). The highest BCUT2D eigenvalue weighted by molar-refractivity contribution is 7.08. The number of amides is 4. The van der Waals surface area contributed by atoms with Gasteiger partial charge in [-0.15, -0.1) is 11.3 Å². The molecule has 5 heterocycles. The molecule has 4 aliphatic rings. The Morgan fingerprint density at radius 1 is 0.824 bits per heavy atom. The number of nitrogen functional groups attached to an aromatic ring is 1. The molecule has 3 N–H and O–H groups in total. The number of fused-ring (bicyclic) bond motifs is 1. The van der Waals surface area contributed by atoms with Gasteiger partial charge in [0.1, 0.15) is 0 Å². The van der Waals surface area contributed by atoms with Gasteiger partial charge in [-0.3, -0.25) is 9.59 Å². The normalized spacial score (nSPS) is 20.9. The lowest BCUT2D eigenvalue weighted by Gasteiger charge is -2.41. The van der Waals surface area contributed by atoms with Gasteiger partial charge in [-0.05, 0) is 93.1 Å². The van der Waals surface area contributed by atoms with E-state index in [0.717, 1.165) is 37.2 Å². The highest BCUT2D eigenvalue weighted by Gasteiger charge is 2.42. The Morgan fingerprint density at radius 2 is 1.41 bits per heavy atom. The predicted octanol–water partition coefficient (Wildman–Crippen LogP) is 6.47. The van der Waals surface area contributed by atoms with E-state index in [1.54, 1.807) is 14.7 Å². The number of halogens is 6. The van der Waals surface area contributed by atoms with Gasteiger partial charge in [0.15, 0.2) is 0 Å². The van der Waals surface area contributed by atoms with Crippen LogP contribution in [0.15, 0.2) is 22.9 Å². The Kier molecular flexibility index (Phi) is 11.1. The van der Waals surface area contributed by atoms with E-state index in [1.165, 1.54) is 17.8 Å². The molecule has 4 amide bonds. The molecule has 1 aromatic carbocycles. The zero-order chi connectivity index (χ0) is 36.5. The van der Waals surface area contributed by atoms with Gasteiger partial charge in [-0.1, -0.05) is 6.42 Å². The number of benzene rings is 1. The first-order valence-electron chi connectivity index (χ1n) is 17.7. The molecule has 0 radical (unpaired) electrons. The van der Waals surface area contributed by atoms with Gasteiger partial charge < -0.3 is 30.7 Å². The largest absolute Gasteiger partial charge is 0.418 e. The molecule has 280 valence electrons. The van der Waals surface area contributed by atoms with Crippen LogP contribution in [-0.2, 0) is 34.8 Å². The molecule has 1 aromatic heterocycles. The zero-order valence-electron chi connectivity index (χ0n) is 28.3. The summed E-state index contributed by atoms with van der Waals surface area (Å²) >= 11 is 1.52. The van der Waals surface area contributed by atoms with Gasteiger partial charge in [0.2, 0.25) is 11.8 Å². The van der Waals surface area contributed by atoms with Crippen molar-refractivity contribution in [3.63, 3.8) is 0 Å². The summed E-state index contributed by atoms with van der Waals surface area (Å²) in [5, 5.41) is 6.85. The first kappa shape index (κ1) is 37.2. The Morgan fingerprint density at radius 3 is 2.02 bits per heavy atom. The lowest BCUT2D eigenvalue weighted by molar-refractivity contribution is -0.143. The van der Waals surface area contributed by atoms with Crippen molar-refractivity contribution in [1.29, 1.82) is 0 Å². The van der Waals surface area contributed by atoms with E-state index < -0.39 is 53.3 Å². The van der Waals surface area contributed by atoms with Gasteiger partial charge in [0.05, 0.1) is 28.4 Å². The second kappa shape index (κ2) is 15.2. The minimum absolute atomic E-state index is 0.114. The molecule has 0 aliphatic carbocycles. The van der Waals surface area contributed by atoms with E-state index >= 15 is 0 Å². The molecular weight excluding hydrogens is 698 g/mol. The van der Waals surface area contributed by atoms with Crippen LogP contribution in [0.3, 0.4) is 0 Å². The van der Waals surface area contributed by atoms with Crippen molar-refractivity contribution in [3.05, 3.63) is 45.1 Å². The van der Waals surface area contributed by atoms with Crippen LogP contribution in [0.5, 0.6) is 0 Å². The van der Waals surface area contributed by atoms with Crippen LogP contribution in [0.4, 0.5) is 42.5 Å². The molecule has 0 bridgehead atoms. The number of carbonyl (C=O) groups is 3. The van der Waals surface area contributed by atoms with Crippen LogP contribution in [-0.4, -0.2) is 95.3 Å². The minimum atomic E-state index is -5.16. The summed E-state index contributed by atoms with van der Waals surface area (Å²) in [5.74, 6) is -2.04. The molecule has 3 saturated heterocycles. The van der Waals surface area contributed by atoms with Crippen molar-refractivity contribution in [3.8, 4) is 0 Å². The molecule has 9 nitrogen and oxygen atoms in total. The molecular formula is C35H44F6N6O3S. The van der Waals surface area contributed by atoms with E-state index in [2.05, 4.69) is 10.2 Å². The maximum atomic E-state index is 14.1. The number of hydrogen-bond donors (Lipinski definition) is 2. The number of rotatable bonds is 7. The second-order valence-corrected chi connectivity index (χ2v) is 14.9. The van der Waals surface area contributed by atoms with Gasteiger partial charge in [0.25, 0.3) is 0 Å². The Hall–Kier alpha value is -3.53. The number of anilines is 2. The van der Waals surface area contributed by atoms with E-state index in [-0.39, 0.29) is 24.1 Å². The summed E-state index contributed by atoms with van der Waals surface area (Å²) in [6, 6.07) is 1.11. The van der Waals surface area contributed by atoms with E-state index in [1.807, 2.05) is 10.8 Å². The smallest absolute Gasteiger partial charge is 0.398 e. The van der Waals surface area contributed by atoms with E-state index in [4.69, 9.17) is 5.73 Å². The lowest BCUT2D eigenvalue weighted by atomic mass is 9.89. The molecule has 2 aromatic rings. The molecule has 1 atom stereocenters. The number of alkyl halides is 6. The summed E-state index contributed by atoms with van der Waals surface area (Å²) in [7, 11) is 0. The third-order valence-electron chi connectivity index (χ3n) is 10.9. The summed E-state index contributed by atoms with van der Waals surface area (Å²) in [6.45, 7) is 3.90. The van der Waals surface area contributed by atoms with Gasteiger partial charge in [-0.2, -0.15) is 26.3 Å². The first-order valence-corrected chi connectivity index (χ1v) is 18.6. The number of thiophene rings is 1. The van der Waals surface area contributed by atoms with Crippen molar-refractivity contribution in [1.82, 2.24) is 19.6 Å². The Bertz CT molecular complexity index is 1540. The standard InChI is InChI=1S/C35H44F6N6O3S/c36-34(37,38)27-17-22(18-28(31(27)42)35(39,40)41)16-24(32(49)46-13-5-25(6-14-46)44-9-2-1-3-10-44)19-30(48)45-11-7-26(8-12-45)47-15-4-23-20-51-21-29(23)43-33(47)50/h17-18,20-21,24-26H,1-16,19,42H2,(H,43,50)/t24-/m0/s1. The van der Waals surface area contributed by atoms with Crippen LogP contribution >= 0.6 is 11.3 Å². The van der Waals surface area contributed by atoms with Crippen molar-refractivity contribution in [2.45, 2.75) is 88.6 Å². The molecule has 0 saturated carbocycles. The predicted molar refractivity (Wildman–Crippen MR) is 181 cm³/mol. The highest BCUT2D eigenvalue weighted by atomic mass is 32.1. The molecule has 3 fully saturated rings. The number of nitrogens with two attached hydrogens (primary N) is 1. The van der Waals surface area contributed by atoms with Crippen LogP contribution < -0.4 is 11.1 Å². The number of nitrogens with one attached hydrogen (secondary N) is 1. The first-order chi connectivity index (χ1) is 24.2. The average molecular weight is 743 g/mol. The molecule has 51 heavy (non-hydrogen) atoms. The summed E-state index contributed by atoms with van der Waals surface area (Å²) in [5.41, 5.74) is 2.22. The van der Waals surface area contributed by atoms with Gasteiger partial charge in [-0.25, -0.2) is 4.79 Å². The number of likely N-dealkylation sites (tertiary alicyclic amines) is 3. The maximum absolute atomic E-state index is 14.1. The van der Waals surface area contributed by atoms with E-state index in [0.29, 0.717) is 83.0 Å². The van der Waals surface area contributed by atoms with Crippen molar-refractivity contribution < 1.29 is 40.7 Å². The van der Waals surface area contributed by atoms with Crippen molar-refractivity contribution in [2.24, 2.45) is 5.92 Å². The number of piperidine rings is 3. The number of hydrogen-bond acceptors (Lipinski definition) is 6. The molecule has 0 unspecified atom stereocenters. The van der Waals surface area contributed by atoms with E-state index in [9.17, 15) is 40.7 Å². The van der Waals surface area contributed by atoms with Crippen LogP contribution in [0.25, 0.3) is 0 Å². The van der Waals surface area contributed by atoms with Crippen molar-refractivity contribution in [2.75, 3.05) is 56.9 Å². The fraction of sp³-hybridized carbons (Fsp3) is 0.629.